The number of halogens is 2. The first-order valence-electron chi connectivity index (χ1n) is 3.78. The molecular formula is C7H16Cl2N2. The number of hydrogen-bond donors (Lipinski definition) is 2. The molecule has 0 aromatic carbocycles. The Kier molecular flexibility index (Phi) is 4.12. The summed E-state index contributed by atoms with van der Waals surface area (Å²) in [5.41, 5.74) is 6.28. The summed E-state index contributed by atoms with van der Waals surface area (Å²) in [5.74, 6) is 0.789. The molecule has 1 heterocycles. The highest BCUT2D eigenvalue weighted by molar-refractivity contribution is 5.85. The van der Waals surface area contributed by atoms with Gasteiger partial charge < -0.3 is 11.1 Å². The maximum atomic E-state index is 5.61. The van der Waals surface area contributed by atoms with Crippen LogP contribution in [0.25, 0.3) is 0 Å². The summed E-state index contributed by atoms with van der Waals surface area (Å²) in [6.07, 6.45) is 2.84. The molecule has 68 valence electrons. The van der Waals surface area contributed by atoms with Crippen LogP contribution in [-0.4, -0.2) is 19.6 Å². The molecule has 3 N–H and O–H groups in total. The fourth-order valence-corrected chi connectivity index (χ4v) is 1.94. The molecule has 0 amide bonds. The highest BCUT2D eigenvalue weighted by Crippen LogP contribution is 2.53. The van der Waals surface area contributed by atoms with Gasteiger partial charge >= 0.3 is 0 Å². The third kappa shape index (κ3) is 1.81. The van der Waals surface area contributed by atoms with Crippen molar-refractivity contribution >= 4 is 24.8 Å². The van der Waals surface area contributed by atoms with Crippen LogP contribution < -0.4 is 11.1 Å². The molecular weight excluding hydrogens is 183 g/mol. The maximum absolute atomic E-state index is 5.61. The molecule has 0 radical (unpaired) electrons. The average molecular weight is 199 g/mol. The van der Waals surface area contributed by atoms with Gasteiger partial charge in [0.25, 0.3) is 0 Å². The molecule has 1 spiro atoms. The van der Waals surface area contributed by atoms with E-state index in [1.807, 2.05) is 0 Å². The van der Waals surface area contributed by atoms with Gasteiger partial charge in [-0.15, -0.1) is 24.8 Å². The Hall–Kier alpha value is 0.500. The Labute approximate surface area is 80.1 Å². The maximum Gasteiger partial charge on any atom is 0.00116 e. The molecule has 1 saturated carbocycles. The van der Waals surface area contributed by atoms with Gasteiger partial charge in [0.05, 0.1) is 0 Å². The predicted molar refractivity (Wildman–Crippen MR) is 51.6 cm³/mol. The first-order chi connectivity index (χ1) is 4.37. The van der Waals surface area contributed by atoms with Gasteiger partial charge in [0.2, 0.25) is 0 Å². The lowest BCUT2D eigenvalue weighted by molar-refractivity contribution is 0.407. The minimum atomic E-state index is 0. The minimum absolute atomic E-state index is 0. The molecule has 1 saturated heterocycles. The van der Waals surface area contributed by atoms with Crippen LogP contribution in [0.3, 0.4) is 0 Å². The van der Waals surface area contributed by atoms with Crippen LogP contribution in [-0.2, 0) is 0 Å². The predicted octanol–water partition coefficient (Wildman–Crippen LogP) is 0.788. The van der Waals surface area contributed by atoms with Gasteiger partial charge in [0.15, 0.2) is 0 Å². The smallest absolute Gasteiger partial charge is 0.00116 e. The van der Waals surface area contributed by atoms with Crippen molar-refractivity contribution < 1.29 is 0 Å². The van der Waals surface area contributed by atoms with Crippen LogP contribution in [0.5, 0.6) is 0 Å². The monoisotopic (exact) mass is 198 g/mol. The van der Waals surface area contributed by atoms with E-state index >= 15 is 0 Å². The van der Waals surface area contributed by atoms with E-state index in [2.05, 4.69) is 5.32 Å². The lowest BCUT2D eigenvalue weighted by atomic mass is 9.93. The molecule has 1 unspecified atom stereocenters. The van der Waals surface area contributed by atoms with E-state index in [1.165, 1.54) is 19.4 Å². The number of hydrogen-bond acceptors (Lipinski definition) is 2. The fourth-order valence-electron chi connectivity index (χ4n) is 1.94. The molecule has 2 fully saturated rings. The van der Waals surface area contributed by atoms with Crippen LogP contribution in [0.15, 0.2) is 0 Å². The van der Waals surface area contributed by atoms with Gasteiger partial charge in [0, 0.05) is 6.54 Å². The zero-order chi connectivity index (χ0) is 6.32. The van der Waals surface area contributed by atoms with Gasteiger partial charge in [-0.25, -0.2) is 0 Å². The molecule has 1 aliphatic heterocycles. The quantitative estimate of drug-likeness (QED) is 0.655. The second-order valence-corrected chi connectivity index (χ2v) is 3.43. The molecule has 4 heteroatoms. The van der Waals surface area contributed by atoms with Crippen molar-refractivity contribution in [3.63, 3.8) is 0 Å². The van der Waals surface area contributed by atoms with Crippen molar-refractivity contribution in [2.24, 2.45) is 17.1 Å². The van der Waals surface area contributed by atoms with Crippen molar-refractivity contribution in [1.29, 1.82) is 0 Å². The molecule has 0 aromatic rings. The highest BCUT2D eigenvalue weighted by atomic mass is 35.5. The van der Waals surface area contributed by atoms with Gasteiger partial charge in [-0.1, -0.05) is 0 Å². The summed E-state index contributed by atoms with van der Waals surface area (Å²) in [5, 5.41) is 3.40. The fraction of sp³-hybridized carbons (Fsp3) is 1.00. The van der Waals surface area contributed by atoms with E-state index in [1.54, 1.807) is 0 Å². The molecule has 11 heavy (non-hydrogen) atoms. The Morgan fingerprint density at radius 2 is 2.00 bits per heavy atom. The SMILES string of the molecule is Cl.Cl.NCC1CNCC12CC2. The molecule has 0 bridgehead atoms. The van der Waals surface area contributed by atoms with E-state index in [4.69, 9.17) is 5.73 Å². The van der Waals surface area contributed by atoms with Crippen LogP contribution in [0.2, 0.25) is 0 Å². The largest absolute Gasteiger partial charge is 0.330 e. The lowest BCUT2D eigenvalue weighted by Gasteiger charge is -2.12. The zero-order valence-corrected chi connectivity index (χ0v) is 8.14. The summed E-state index contributed by atoms with van der Waals surface area (Å²) >= 11 is 0. The minimum Gasteiger partial charge on any atom is -0.330 e. The van der Waals surface area contributed by atoms with Crippen LogP contribution >= 0.6 is 24.8 Å². The summed E-state index contributed by atoms with van der Waals surface area (Å²) < 4.78 is 0. The van der Waals surface area contributed by atoms with Crippen molar-refractivity contribution in [2.75, 3.05) is 19.6 Å². The normalized spacial score (nSPS) is 30.8. The first kappa shape index (κ1) is 11.5. The van der Waals surface area contributed by atoms with E-state index in [-0.39, 0.29) is 24.8 Å². The van der Waals surface area contributed by atoms with Crippen molar-refractivity contribution in [3.8, 4) is 0 Å². The van der Waals surface area contributed by atoms with E-state index in [0.717, 1.165) is 19.0 Å². The standard InChI is InChI=1S/C7H14N2.2ClH/c8-3-6-4-9-5-7(6)1-2-7;;/h6,9H,1-5,8H2;2*1H. The summed E-state index contributed by atoms with van der Waals surface area (Å²) in [4.78, 5) is 0. The molecule has 1 atom stereocenters. The van der Waals surface area contributed by atoms with E-state index in [0.29, 0.717) is 5.41 Å². The van der Waals surface area contributed by atoms with Crippen LogP contribution in [0.1, 0.15) is 12.8 Å². The average Bonchev–Trinajstić information content (AvgIpc) is 2.45. The Balaban J connectivity index is 0.000000500. The number of nitrogens with one attached hydrogen (secondary N) is 1. The van der Waals surface area contributed by atoms with Crippen LogP contribution in [0, 0.1) is 11.3 Å². The van der Waals surface area contributed by atoms with E-state index in [9.17, 15) is 0 Å². The second kappa shape index (κ2) is 3.94. The van der Waals surface area contributed by atoms with Crippen molar-refractivity contribution in [3.05, 3.63) is 0 Å². The topological polar surface area (TPSA) is 38.0 Å². The van der Waals surface area contributed by atoms with Crippen molar-refractivity contribution in [2.45, 2.75) is 12.8 Å². The third-order valence-electron chi connectivity index (χ3n) is 2.91. The lowest BCUT2D eigenvalue weighted by Crippen LogP contribution is -2.22. The third-order valence-corrected chi connectivity index (χ3v) is 2.91. The van der Waals surface area contributed by atoms with Gasteiger partial charge in [-0.2, -0.15) is 0 Å². The molecule has 1 aliphatic carbocycles. The second-order valence-electron chi connectivity index (χ2n) is 3.43. The van der Waals surface area contributed by atoms with E-state index < -0.39 is 0 Å². The molecule has 2 aliphatic rings. The summed E-state index contributed by atoms with van der Waals surface area (Å²) in [6.45, 7) is 3.28. The molecule has 2 rings (SSSR count). The van der Waals surface area contributed by atoms with Crippen molar-refractivity contribution in [1.82, 2.24) is 5.32 Å². The first-order valence-corrected chi connectivity index (χ1v) is 3.78. The summed E-state index contributed by atoms with van der Waals surface area (Å²) in [7, 11) is 0. The van der Waals surface area contributed by atoms with Gasteiger partial charge in [0.1, 0.15) is 0 Å². The highest BCUT2D eigenvalue weighted by Gasteiger charge is 2.51. The Bertz CT molecular complexity index is 126. The number of rotatable bonds is 1. The van der Waals surface area contributed by atoms with Gasteiger partial charge in [-0.3, -0.25) is 0 Å². The van der Waals surface area contributed by atoms with Crippen LogP contribution in [0.4, 0.5) is 0 Å². The summed E-state index contributed by atoms with van der Waals surface area (Å²) in [6, 6.07) is 0. The van der Waals surface area contributed by atoms with Gasteiger partial charge in [-0.05, 0) is 37.3 Å². The Morgan fingerprint density at radius 3 is 2.36 bits per heavy atom. The number of nitrogens with two attached hydrogens (primary N) is 1. The molecule has 2 nitrogen and oxygen atoms in total. The Morgan fingerprint density at radius 1 is 1.36 bits per heavy atom. The molecule has 0 aromatic heterocycles. The zero-order valence-electron chi connectivity index (χ0n) is 6.51.